The molecular weight excluding hydrogens is 330 g/mol. The van der Waals surface area contributed by atoms with Crippen LogP contribution < -0.4 is 10.1 Å². The summed E-state index contributed by atoms with van der Waals surface area (Å²) >= 11 is 0. The molecule has 0 saturated carbocycles. The lowest BCUT2D eigenvalue weighted by molar-refractivity contribution is -0.138. The summed E-state index contributed by atoms with van der Waals surface area (Å²) in [5, 5.41) is 3.36. The highest BCUT2D eigenvalue weighted by atomic mass is 16.5. The second kappa shape index (κ2) is 7.77. The molecule has 138 valence electrons. The summed E-state index contributed by atoms with van der Waals surface area (Å²) in [5.74, 6) is -0.0737. The molecule has 1 aromatic carbocycles. The zero-order chi connectivity index (χ0) is 18.7. The number of ketones is 1. The number of dihydropyridines is 1. The highest BCUT2D eigenvalue weighted by Gasteiger charge is 2.40. The number of nitrogens with one attached hydrogen (secondary N) is 1. The van der Waals surface area contributed by atoms with Gasteiger partial charge in [0.2, 0.25) is 0 Å². The number of ether oxygens (including phenoxy) is 2. The van der Waals surface area contributed by atoms with Gasteiger partial charge in [-0.2, -0.15) is 0 Å². The quantitative estimate of drug-likeness (QED) is 0.818. The summed E-state index contributed by atoms with van der Waals surface area (Å²) in [5.41, 5.74) is 3.79. The highest BCUT2D eigenvalue weighted by molar-refractivity contribution is 6.04. The van der Waals surface area contributed by atoms with Gasteiger partial charge >= 0.3 is 5.97 Å². The Morgan fingerprint density at radius 3 is 2.69 bits per heavy atom. The molecule has 0 fully saturated rings. The maximum Gasteiger partial charge on any atom is 0.336 e. The fourth-order valence-electron chi connectivity index (χ4n) is 3.84. The molecule has 1 atom stereocenters. The van der Waals surface area contributed by atoms with Crippen molar-refractivity contribution in [2.75, 3.05) is 13.7 Å². The van der Waals surface area contributed by atoms with E-state index in [4.69, 9.17) is 9.47 Å². The lowest BCUT2D eigenvalue weighted by Gasteiger charge is -2.35. The molecule has 0 saturated heterocycles. The molecule has 1 aliphatic heterocycles. The predicted octanol–water partition coefficient (Wildman–Crippen LogP) is 3.62. The van der Waals surface area contributed by atoms with E-state index in [-0.39, 0.29) is 18.4 Å². The van der Waals surface area contributed by atoms with Gasteiger partial charge in [0.05, 0.1) is 25.2 Å². The van der Waals surface area contributed by atoms with Gasteiger partial charge in [-0.15, -0.1) is 0 Å². The van der Waals surface area contributed by atoms with Crippen molar-refractivity contribution in [3.8, 4) is 5.75 Å². The number of esters is 1. The Morgan fingerprint density at radius 2 is 2.00 bits per heavy atom. The van der Waals surface area contributed by atoms with Crippen molar-refractivity contribution in [2.24, 2.45) is 0 Å². The molecule has 1 aromatic rings. The second-order valence-corrected chi connectivity index (χ2v) is 6.44. The van der Waals surface area contributed by atoms with Crippen LogP contribution in [0.2, 0.25) is 0 Å². The molecule has 3 rings (SSSR count). The molecule has 1 aliphatic carbocycles. The number of benzene rings is 1. The SMILES string of the molecule is CCOC(=O)C1=C(CC)NC2=C(C(=O)CCC2)[C@@H]1c1ccccc1OC. The van der Waals surface area contributed by atoms with Crippen molar-refractivity contribution in [3.63, 3.8) is 0 Å². The standard InChI is InChI=1S/C21H25NO4/c1-4-14-20(21(24)26-5-2)18(13-9-6-7-12-17(13)25-3)19-15(22-14)10-8-11-16(19)23/h6-7,9,12,18,22H,4-5,8,10-11H2,1-3H3/t18-/m0/s1. The minimum absolute atomic E-state index is 0.0895. The highest BCUT2D eigenvalue weighted by Crippen LogP contribution is 2.45. The molecule has 5 nitrogen and oxygen atoms in total. The number of hydrogen-bond donors (Lipinski definition) is 1. The van der Waals surface area contributed by atoms with Crippen LogP contribution in [0.5, 0.6) is 5.75 Å². The van der Waals surface area contributed by atoms with Crippen LogP contribution in [0, 0.1) is 0 Å². The van der Waals surface area contributed by atoms with Crippen molar-refractivity contribution >= 4 is 11.8 Å². The van der Waals surface area contributed by atoms with Crippen molar-refractivity contribution in [1.82, 2.24) is 5.32 Å². The van der Waals surface area contributed by atoms with E-state index in [9.17, 15) is 9.59 Å². The van der Waals surface area contributed by atoms with Crippen molar-refractivity contribution in [2.45, 2.75) is 45.4 Å². The molecule has 0 aromatic heterocycles. The number of Topliss-reactive ketones (excluding diaryl/α,β-unsaturated/α-hetero) is 1. The van der Waals surface area contributed by atoms with Crippen molar-refractivity contribution < 1.29 is 19.1 Å². The first-order valence-electron chi connectivity index (χ1n) is 9.18. The number of allylic oxidation sites excluding steroid dienone is 3. The smallest absolute Gasteiger partial charge is 0.336 e. The molecule has 2 aliphatic rings. The molecule has 26 heavy (non-hydrogen) atoms. The van der Waals surface area contributed by atoms with Crippen LogP contribution in [0.1, 0.15) is 51.0 Å². The molecule has 0 spiro atoms. The molecule has 0 radical (unpaired) electrons. The van der Waals surface area contributed by atoms with Crippen LogP contribution in [0.3, 0.4) is 0 Å². The van der Waals surface area contributed by atoms with Crippen LogP contribution in [0.15, 0.2) is 46.8 Å². The number of methoxy groups -OCH3 is 1. The van der Waals surface area contributed by atoms with Crippen LogP contribution in [-0.2, 0) is 14.3 Å². The average molecular weight is 355 g/mol. The topological polar surface area (TPSA) is 64.6 Å². The third-order valence-corrected chi connectivity index (χ3v) is 4.96. The lowest BCUT2D eigenvalue weighted by atomic mass is 9.74. The van der Waals surface area contributed by atoms with E-state index in [0.29, 0.717) is 29.7 Å². The average Bonchev–Trinajstić information content (AvgIpc) is 2.66. The van der Waals surface area contributed by atoms with Gasteiger partial charge in [-0.3, -0.25) is 4.79 Å². The molecule has 1 heterocycles. The van der Waals surface area contributed by atoms with Gasteiger partial charge in [0.25, 0.3) is 0 Å². The fraction of sp³-hybridized carbons (Fsp3) is 0.429. The number of hydrogen-bond acceptors (Lipinski definition) is 5. The van der Waals surface area contributed by atoms with E-state index in [1.54, 1.807) is 14.0 Å². The lowest BCUT2D eigenvalue weighted by Crippen LogP contribution is -2.35. The monoisotopic (exact) mass is 355 g/mol. The summed E-state index contributed by atoms with van der Waals surface area (Å²) in [7, 11) is 1.60. The van der Waals surface area contributed by atoms with Gasteiger partial charge < -0.3 is 14.8 Å². The minimum Gasteiger partial charge on any atom is -0.496 e. The number of rotatable bonds is 5. The third kappa shape index (κ3) is 3.14. The van der Waals surface area contributed by atoms with E-state index >= 15 is 0 Å². The Labute approximate surface area is 154 Å². The zero-order valence-electron chi connectivity index (χ0n) is 15.6. The number of carbonyl (C=O) groups is 2. The molecular formula is C21H25NO4. The molecule has 1 N–H and O–H groups in total. The maximum atomic E-state index is 12.8. The van der Waals surface area contributed by atoms with Crippen molar-refractivity contribution in [3.05, 3.63) is 52.4 Å². The fourth-order valence-corrected chi connectivity index (χ4v) is 3.84. The van der Waals surface area contributed by atoms with E-state index in [1.165, 1.54) is 0 Å². The summed E-state index contributed by atoms with van der Waals surface area (Å²) in [6.07, 6.45) is 2.80. The minimum atomic E-state index is -0.454. The summed E-state index contributed by atoms with van der Waals surface area (Å²) < 4.78 is 10.9. The van der Waals surface area contributed by atoms with Crippen LogP contribution in [0.25, 0.3) is 0 Å². The molecule has 0 unspecified atom stereocenters. The second-order valence-electron chi connectivity index (χ2n) is 6.44. The van der Waals surface area contributed by atoms with E-state index in [0.717, 1.165) is 29.8 Å². The zero-order valence-corrected chi connectivity index (χ0v) is 15.6. The van der Waals surface area contributed by atoms with E-state index in [2.05, 4.69) is 5.32 Å². The summed E-state index contributed by atoms with van der Waals surface area (Å²) in [6.45, 7) is 4.07. The van der Waals surface area contributed by atoms with Crippen molar-refractivity contribution in [1.29, 1.82) is 0 Å². The number of para-hydroxylation sites is 1. The Morgan fingerprint density at radius 1 is 1.23 bits per heavy atom. The van der Waals surface area contributed by atoms with Gasteiger partial charge in [-0.05, 0) is 32.3 Å². The van der Waals surface area contributed by atoms with Gasteiger partial charge in [0, 0.05) is 29.0 Å². The van der Waals surface area contributed by atoms with Gasteiger partial charge in [-0.25, -0.2) is 4.79 Å². The van der Waals surface area contributed by atoms with Crippen LogP contribution >= 0.6 is 0 Å². The van der Waals surface area contributed by atoms with Gasteiger partial charge in [-0.1, -0.05) is 25.1 Å². The Kier molecular flexibility index (Phi) is 5.45. The maximum absolute atomic E-state index is 12.8. The van der Waals surface area contributed by atoms with Crippen LogP contribution in [0.4, 0.5) is 0 Å². The number of carbonyl (C=O) groups excluding carboxylic acids is 2. The summed E-state index contributed by atoms with van der Waals surface area (Å²) in [6, 6.07) is 7.57. The Hall–Kier alpha value is -2.56. The van der Waals surface area contributed by atoms with E-state index in [1.807, 2.05) is 31.2 Å². The Bertz CT molecular complexity index is 791. The molecule has 0 amide bonds. The largest absolute Gasteiger partial charge is 0.496 e. The molecule has 5 heteroatoms. The third-order valence-electron chi connectivity index (χ3n) is 4.96. The predicted molar refractivity (Wildman–Crippen MR) is 98.7 cm³/mol. The van der Waals surface area contributed by atoms with E-state index < -0.39 is 5.92 Å². The molecule has 0 bridgehead atoms. The van der Waals surface area contributed by atoms with Gasteiger partial charge in [0.1, 0.15) is 5.75 Å². The van der Waals surface area contributed by atoms with Crippen LogP contribution in [-0.4, -0.2) is 25.5 Å². The normalized spacial score (nSPS) is 19.8. The Balaban J connectivity index is 2.24. The first-order valence-corrected chi connectivity index (χ1v) is 9.18. The van der Waals surface area contributed by atoms with Gasteiger partial charge in [0.15, 0.2) is 5.78 Å². The first kappa shape index (κ1) is 18.2. The summed E-state index contributed by atoms with van der Waals surface area (Å²) in [4.78, 5) is 25.7. The first-order chi connectivity index (χ1) is 12.6.